The molecule has 14 rings (SSSR count). The molecule has 0 radical (unpaired) electrons. The molecule has 0 aliphatic carbocycles. The highest BCUT2D eigenvalue weighted by Crippen LogP contribution is 2.45. The van der Waals surface area contributed by atoms with Gasteiger partial charge in [0.15, 0.2) is 0 Å². The molecule has 0 bridgehead atoms. The van der Waals surface area contributed by atoms with Gasteiger partial charge in [0.25, 0.3) is 0 Å². The van der Waals surface area contributed by atoms with E-state index in [-0.39, 0.29) is 0 Å². The Labute approximate surface area is 377 Å². The molecular formula is C60H36N4S. The summed E-state index contributed by atoms with van der Waals surface area (Å²) in [5.41, 5.74) is 12.2. The van der Waals surface area contributed by atoms with Crippen LogP contribution in [-0.4, -0.2) is 19.1 Å². The molecule has 0 saturated heterocycles. The summed E-state index contributed by atoms with van der Waals surface area (Å²) in [4.78, 5) is 12.4. The number of hydrogen-bond donors (Lipinski definition) is 0. The summed E-state index contributed by atoms with van der Waals surface area (Å²) in [6.45, 7) is 0. The molecule has 0 atom stereocenters. The fourth-order valence-electron chi connectivity index (χ4n) is 10.5. The molecule has 0 aliphatic rings. The first-order valence-electron chi connectivity index (χ1n) is 22.1. The molecule has 4 heterocycles. The molecule has 0 unspecified atom stereocenters. The van der Waals surface area contributed by atoms with Crippen LogP contribution < -0.4 is 0 Å². The molecule has 0 N–H and O–H groups in total. The van der Waals surface area contributed by atoms with Crippen LogP contribution in [0.4, 0.5) is 0 Å². The number of aromatic nitrogens is 4. The number of benzene rings is 10. The van der Waals surface area contributed by atoms with Gasteiger partial charge >= 0.3 is 0 Å². The van der Waals surface area contributed by atoms with Gasteiger partial charge in [-0.1, -0.05) is 170 Å². The van der Waals surface area contributed by atoms with E-state index in [4.69, 9.17) is 9.97 Å². The summed E-state index contributed by atoms with van der Waals surface area (Å²) < 4.78 is 5.89. The van der Waals surface area contributed by atoms with E-state index in [9.17, 15) is 0 Å². The van der Waals surface area contributed by atoms with E-state index in [1.807, 2.05) is 11.3 Å². The quantitative estimate of drug-likeness (QED) is 0.173. The molecule has 0 spiro atoms. The highest BCUT2D eigenvalue weighted by Gasteiger charge is 2.23. The van der Waals surface area contributed by atoms with Gasteiger partial charge < -0.3 is 4.57 Å². The molecule has 14 aromatic rings. The van der Waals surface area contributed by atoms with Crippen molar-refractivity contribution < 1.29 is 0 Å². The normalized spacial score (nSPS) is 12.0. The number of rotatable bonds is 5. The Kier molecular flexibility index (Phi) is 7.82. The standard InChI is InChI=1S/C60H36N4S/c1-3-17-39(18-4-1)57-56-50(33-30-41-36-54(65-59(41)56)46-26-13-19-37-15-7-9-22-43(37)46)61-60(62-57)64-52-34-31-40(35-49(52)47-32-29-38-16-8-10-23-45(38)58(47)64)44-25-14-28-53-55(44)48-24-11-12-27-51(48)63(53)42-20-5-2-6-21-42/h1-36H. The van der Waals surface area contributed by atoms with Crippen molar-refractivity contribution in [3.63, 3.8) is 0 Å². The first-order chi connectivity index (χ1) is 32.2. The van der Waals surface area contributed by atoms with Crippen LogP contribution in [0.2, 0.25) is 0 Å². The summed E-state index contributed by atoms with van der Waals surface area (Å²) in [5.74, 6) is 0.652. The van der Waals surface area contributed by atoms with E-state index in [1.54, 1.807) is 0 Å². The molecule has 302 valence electrons. The molecule has 0 amide bonds. The van der Waals surface area contributed by atoms with E-state index < -0.39 is 0 Å². The summed E-state index contributed by atoms with van der Waals surface area (Å²) in [6.07, 6.45) is 0. The second kappa shape index (κ2) is 14.1. The van der Waals surface area contributed by atoms with Gasteiger partial charge in [-0.25, -0.2) is 9.97 Å². The van der Waals surface area contributed by atoms with E-state index >= 15 is 0 Å². The minimum atomic E-state index is 0.652. The number of thiophene rings is 1. The maximum atomic E-state index is 5.65. The Morgan fingerprint density at radius 3 is 1.89 bits per heavy atom. The Morgan fingerprint density at radius 2 is 1.03 bits per heavy atom. The molecule has 65 heavy (non-hydrogen) atoms. The number of nitrogens with zero attached hydrogens (tertiary/aromatic N) is 4. The van der Waals surface area contributed by atoms with E-state index in [1.165, 1.54) is 64.1 Å². The van der Waals surface area contributed by atoms with Crippen LogP contribution in [0.5, 0.6) is 0 Å². The van der Waals surface area contributed by atoms with Crippen molar-refractivity contribution in [2.24, 2.45) is 0 Å². The summed E-state index contributed by atoms with van der Waals surface area (Å²) in [6, 6.07) is 79.0. The zero-order valence-corrected chi connectivity index (χ0v) is 35.8. The van der Waals surface area contributed by atoms with Gasteiger partial charge in [-0.05, 0) is 86.8 Å². The van der Waals surface area contributed by atoms with Crippen molar-refractivity contribution in [1.82, 2.24) is 19.1 Å². The second-order valence-corrected chi connectivity index (χ2v) is 17.9. The van der Waals surface area contributed by atoms with Crippen LogP contribution in [0.25, 0.3) is 131 Å². The zero-order valence-electron chi connectivity index (χ0n) is 35.0. The molecule has 0 fully saturated rings. The van der Waals surface area contributed by atoms with Gasteiger partial charge in [-0.3, -0.25) is 4.57 Å². The summed E-state index contributed by atoms with van der Waals surface area (Å²) in [5, 5.41) is 11.9. The number of hydrogen-bond acceptors (Lipinski definition) is 3. The molecule has 4 aromatic heterocycles. The number of fused-ring (bicyclic) bond motifs is 12. The lowest BCUT2D eigenvalue weighted by Crippen LogP contribution is -2.04. The fourth-order valence-corrected chi connectivity index (χ4v) is 11.7. The van der Waals surface area contributed by atoms with Crippen molar-refractivity contribution in [1.29, 1.82) is 0 Å². The predicted molar refractivity (Wildman–Crippen MR) is 275 cm³/mol. The summed E-state index contributed by atoms with van der Waals surface area (Å²) >= 11 is 1.83. The Balaban J connectivity index is 1.03. The van der Waals surface area contributed by atoms with Gasteiger partial charge in [-0.2, -0.15) is 0 Å². The molecule has 5 heteroatoms. The molecule has 10 aromatic carbocycles. The molecule has 0 aliphatic heterocycles. The van der Waals surface area contributed by atoms with Gasteiger partial charge in [-0.15, -0.1) is 11.3 Å². The van der Waals surface area contributed by atoms with Crippen molar-refractivity contribution in [3.8, 4) is 44.5 Å². The predicted octanol–water partition coefficient (Wildman–Crippen LogP) is 16.3. The fraction of sp³-hybridized carbons (Fsp3) is 0. The van der Waals surface area contributed by atoms with Gasteiger partial charge in [0.2, 0.25) is 5.95 Å². The van der Waals surface area contributed by atoms with Crippen LogP contribution in [0.3, 0.4) is 0 Å². The molecule has 4 nitrogen and oxygen atoms in total. The minimum Gasteiger partial charge on any atom is -0.309 e. The van der Waals surface area contributed by atoms with Crippen molar-refractivity contribution in [2.75, 3.05) is 0 Å². The number of para-hydroxylation sites is 2. The lowest BCUT2D eigenvalue weighted by molar-refractivity contribution is 1.02. The minimum absolute atomic E-state index is 0.652. The monoisotopic (exact) mass is 844 g/mol. The van der Waals surface area contributed by atoms with Crippen LogP contribution in [0.15, 0.2) is 218 Å². The third-order valence-electron chi connectivity index (χ3n) is 13.3. The van der Waals surface area contributed by atoms with E-state index in [0.29, 0.717) is 5.95 Å². The third kappa shape index (κ3) is 5.43. The van der Waals surface area contributed by atoms with Crippen LogP contribution >= 0.6 is 11.3 Å². The SMILES string of the molecule is c1ccc(-c2nc(-n3c4ccc(-c5cccc6c5c5ccccc5n6-c5ccccc5)cc4c4ccc5ccccc5c43)nc3ccc4cc(-c5cccc6ccccc56)sc4c23)cc1. The second-order valence-electron chi connectivity index (χ2n) is 16.9. The van der Waals surface area contributed by atoms with Crippen molar-refractivity contribution in [2.45, 2.75) is 0 Å². The Morgan fingerprint density at radius 1 is 0.369 bits per heavy atom. The average Bonchev–Trinajstić information content (AvgIpc) is 4.07. The Hall–Kier alpha value is -8.38. The van der Waals surface area contributed by atoms with Gasteiger partial charge in [0.05, 0.1) is 33.3 Å². The maximum absolute atomic E-state index is 5.65. The van der Waals surface area contributed by atoms with E-state index in [2.05, 4.69) is 228 Å². The van der Waals surface area contributed by atoms with Crippen LogP contribution in [0.1, 0.15) is 0 Å². The zero-order chi connectivity index (χ0) is 42.6. The highest BCUT2D eigenvalue weighted by atomic mass is 32.1. The van der Waals surface area contributed by atoms with Crippen LogP contribution in [-0.2, 0) is 0 Å². The Bertz CT molecular complexity index is 4230. The maximum Gasteiger partial charge on any atom is 0.235 e. The largest absolute Gasteiger partial charge is 0.309 e. The smallest absolute Gasteiger partial charge is 0.235 e. The van der Waals surface area contributed by atoms with Gasteiger partial charge in [0, 0.05) is 53.1 Å². The van der Waals surface area contributed by atoms with E-state index in [0.717, 1.165) is 60.6 Å². The average molecular weight is 845 g/mol. The van der Waals surface area contributed by atoms with Crippen LogP contribution in [0, 0.1) is 0 Å². The first-order valence-corrected chi connectivity index (χ1v) is 22.9. The first kappa shape index (κ1) is 36.1. The van der Waals surface area contributed by atoms with Crippen molar-refractivity contribution in [3.05, 3.63) is 218 Å². The lowest BCUT2D eigenvalue weighted by atomic mass is 9.97. The third-order valence-corrected chi connectivity index (χ3v) is 14.5. The lowest BCUT2D eigenvalue weighted by Gasteiger charge is -2.13. The molecule has 0 saturated carbocycles. The van der Waals surface area contributed by atoms with Gasteiger partial charge in [0.1, 0.15) is 0 Å². The molecular weight excluding hydrogens is 809 g/mol. The topological polar surface area (TPSA) is 35.6 Å². The highest BCUT2D eigenvalue weighted by molar-refractivity contribution is 7.23. The van der Waals surface area contributed by atoms with Crippen molar-refractivity contribution >= 4 is 97.5 Å². The summed E-state index contributed by atoms with van der Waals surface area (Å²) in [7, 11) is 0.